The van der Waals surface area contributed by atoms with Crippen LogP contribution in [0.25, 0.3) is 0 Å². The molecule has 0 spiro atoms. The topological polar surface area (TPSA) is 77.4 Å². The Balaban J connectivity index is 1.48. The molecule has 1 saturated carbocycles. The zero-order valence-electron chi connectivity index (χ0n) is 18.4. The van der Waals surface area contributed by atoms with E-state index in [1.165, 1.54) is 4.31 Å². The maximum Gasteiger partial charge on any atom is 0.303 e. The van der Waals surface area contributed by atoms with Crippen molar-refractivity contribution in [3.8, 4) is 0 Å². The van der Waals surface area contributed by atoms with Gasteiger partial charge in [0.25, 0.3) is 0 Å². The second kappa shape index (κ2) is 9.44. The molecule has 5 rings (SSSR count). The minimum atomic E-state index is -3.68. The van der Waals surface area contributed by atoms with Gasteiger partial charge in [0, 0.05) is 24.0 Å². The number of halogens is 1. The van der Waals surface area contributed by atoms with Crippen molar-refractivity contribution in [2.24, 2.45) is 10.1 Å². The third-order valence-electron chi connectivity index (χ3n) is 6.23. The minimum Gasteiger partial charge on any atom is -0.247 e. The molecule has 1 unspecified atom stereocenters. The van der Waals surface area contributed by atoms with E-state index in [9.17, 15) is 8.42 Å². The predicted octanol–water partition coefficient (Wildman–Crippen LogP) is 3.98. The molecule has 2 aliphatic heterocycles. The summed E-state index contributed by atoms with van der Waals surface area (Å²) in [5.74, 6) is 0.296. The van der Waals surface area contributed by atoms with Gasteiger partial charge in [-0.3, -0.25) is 0 Å². The SMILES string of the molecule is O=S(=O)(NC(=NC1CC1)N1CC(c2ccccc2)C(c2ccc(Cl)cc2)=N1)N1CCCCC1. The van der Waals surface area contributed by atoms with Crippen LogP contribution in [0, 0.1) is 0 Å². The number of hydrogen-bond donors (Lipinski definition) is 1. The Morgan fingerprint density at radius 2 is 1.70 bits per heavy atom. The maximum atomic E-state index is 13.1. The molecule has 1 saturated heterocycles. The number of piperidine rings is 1. The quantitative estimate of drug-likeness (QED) is 0.514. The molecule has 2 aromatic rings. The van der Waals surface area contributed by atoms with E-state index in [2.05, 4.69) is 16.9 Å². The maximum absolute atomic E-state index is 13.1. The summed E-state index contributed by atoms with van der Waals surface area (Å²) in [6.45, 7) is 1.59. The molecule has 0 amide bonds. The highest BCUT2D eigenvalue weighted by Crippen LogP contribution is 2.31. The number of hydrazone groups is 1. The van der Waals surface area contributed by atoms with Crippen LogP contribution in [-0.4, -0.2) is 55.1 Å². The van der Waals surface area contributed by atoms with Crippen molar-refractivity contribution < 1.29 is 8.42 Å². The molecule has 0 aromatic heterocycles. The Morgan fingerprint density at radius 3 is 2.36 bits per heavy atom. The third-order valence-corrected chi connectivity index (χ3v) is 7.96. The molecular weight excluding hydrogens is 458 g/mol. The summed E-state index contributed by atoms with van der Waals surface area (Å²) in [7, 11) is -3.68. The molecule has 2 aromatic carbocycles. The van der Waals surface area contributed by atoms with E-state index in [1.54, 1.807) is 5.01 Å². The van der Waals surface area contributed by atoms with E-state index in [-0.39, 0.29) is 12.0 Å². The molecule has 33 heavy (non-hydrogen) atoms. The molecule has 0 radical (unpaired) electrons. The van der Waals surface area contributed by atoms with E-state index in [0.717, 1.165) is 48.9 Å². The highest BCUT2D eigenvalue weighted by atomic mass is 35.5. The summed E-state index contributed by atoms with van der Waals surface area (Å²) in [5, 5.41) is 7.27. The smallest absolute Gasteiger partial charge is 0.247 e. The lowest BCUT2D eigenvalue weighted by atomic mass is 9.91. The molecule has 3 aliphatic rings. The average molecular weight is 486 g/mol. The fourth-order valence-corrected chi connectivity index (χ4v) is 5.65. The number of aliphatic imine (C=N–C) groups is 1. The Morgan fingerprint density at radius 1 is 1.00 bits per heavy atom. The van der Waals surface area contributed by atoms with Crippen LogP contribution in [0.2, 0.25) is 5.02 Å². The first-order chi connectivity index (χ1) is 16.0. The van der Waals surface area contributed by atoms with Crippen molar-refractivity contribution in [2.75, 3.05) is 19.6 Å². The Bertz CT molecular complexity index is 1140. The Hall–Kier alpha value is -2.42. The number of hydrogen-bond acceptors (Lipinski definition) is 4. The second-order valence-electron chi connectivity index (χ2n) is 8.79. The molecule has 1 aliphatic carbocycles. The summed E-state index contributed by atoms with van der Waals surface area (Å²) in [5.41, 5.74) is 2.96. The summed E-state index contributed by atoms with van der Waals surface area (Å²) in [6.07, 6.45) is 4.77. The highest BCUT2D eigenvalue weighted by molar-refractivity contribution is 7.87. The monoisotopic (exact) mass is 485 g/mol. The van der Waals surface area contributed by atoms with Gasteiger partial charge in [0.05, 0.1) is 18.3 Å². The van der Waals surface area contributed by atoms with Crippen molar-refractivity contribution in [1.29, 1.82) is 0 Å². The normalized spacial score (nSPS) is 22.3. The molecule has 0 bridgehead atoms. The van der Waals surface area contributed by atoms with Crippen LogP contribution >= 0.6 is 11.6 Å². The fourth-order valence-electron chi connectivity index (χ4n) is 4.27. The summed E-state index contributed by atoms with van der Waals surface area (Å²) < 4.78 is 30.6. The third kappa shape index (κ3) is 5.23. The van der Waals surface area contributed by atoms with Crippen LogP contribution in [-0.2, 0) is 10.2 Å². The molecule has 174 valence electrons. The fraction of sp³-hybridized carbons (Fsp3) is 0.417. The second-order valence-corrected chi connectivity index (χ2v) is 10.9. The van der Waals surface area contributed by atoms with Crippen LogP contribution in [0.1, 0.15) is 49.1 Å². The Labute approximate surface area is 200 Å². The first kappa shape index (κ1) is 22.4. The summed E-state index contributed by atoms with van der Waals surface area (Å²) in [6, 6.07) is 17.9. The summed E-state index contributed by atoms with van der Waals surface area (Å²) in [4.78, 5) is 4.72. The van der Waals surface area contributed by atoms with Gasteiger partial charge in [0.1, 0.15) is 0 Å². The van der Waals surface area contributed by atoms with Crippen LogP contribution in [0.5, 0.6) is 0 Å². The van der Waals surface area contributed by atoms with Crippen LogP contribution in [0.3, 0.4) is 0 Å². The highest BCUT2D eigenvalue weighted by Gasteiger charge is 2.35. The van der Waals surface area contributed by atoms with E-state index >= 15 is 0 Å². The van der Waals surface area contributed by atoms with Crippen molar-refractivity contribution in [2.45, 2.75) is 44.1 Å². The van der Waals surface area contributed by atoms with Gasteiger partial charge in [-0.05, 0) is 48.9 Å². The lowest BCUT2D eigenvalue weighted by Gasteiger charge is -2.28. The summed E-state index contributed by atoms with van der Waals surface area (Å²) >= 11 is 6.11. The lowest BCUT2D eigenvalue weighted by Crippen LogP contribution is -2.49. The van der Waals surface area contributed by atoms with Gasteiger partial charge < -0.3 is 0 Å². The molecule has 7 nitrogen and oxygen atoms in total. The van der Waals surface area contributed by atoms with Gasteiger partial charge in [-0.25, -0.2) is 14.7 Å². The molecule has 2 fully saturated rings. The van der Waals surface area contributed by atoms with Gasteiger partial charge in [0.15, 0.2) is 0 Å². The van der Waals surface area contributed by atoms with Crippen LogP contribution in [0.15, 0.2) is 64.7 Å². The number of nitrogens with one attached hydrogen (secondary N) is 1. The van der Waals surface area contributed by atoms with E-state index in [0.29, 0.717) is 30.6 Å². The minimum absolute atomic E-state index is 0.0173. The van der Waals surface area contributed by atoms with Crippen molar-refractivity contribution in [3.05, 3.63) is 70.7 Å². The Kier molecular flexibility index (Phi) is 6.40. The zero-order chi connectivity index (χ0) is 22.8. The first-order valence-corrected chi connectivity index (χ1v) is 13.3. The van der Waals surface area contributed by atoms with E-state index < -0.39 is 10.2 Å². The standard InChI is InChI=1S/C24H28ClN5O2S/c25-20-11-9-19(10-12-20)23-22(18-7-3-1-4-8-18)17-30(27-23)24(26-21-13-14-21)28-33(31,32)29-15-5-2-6-16-29/h1,3-4,7-12,21-22H,2,5-6,13-17H2,(H,26,28). The lowest BCUT2D eigenvalue weighted by molar-refractivity contribution is 0.343. The zero-order valence-corrected chi connectivity index (χ0v) is 20.0. The average Bonchev–Trinajstić information content (AvgIpc) is 3.54. The molecule has 1 atom stereocenters. The van der Waals surface area contributed by atoms with E-state index in [1.807, 2.05) is 42.5 Å². The molecular formula is C24H28ClN5O2S. The van der Waals surface area contributed by atoms with Gasteiger partial charge >= 0.3 is 10.2 Å². The number of nitrogens with zero attached hydrogens (tertiary/aromatic N) is 4. The van der Waals surface area contributed by atoms with Crippen molar-refractivity contribution in [3.63, 3.8) is 0 Å². The van der Waals surface area contributed by atoms with Crippen LogP contribution in [0.4, 0.5) is 0 Å². The van der Waals surface area contributed by atoms with Gasteiger partial charge in [0.2, 0.25) is 5.96 Å². The molecule has 9 heteroatoms. The largest absolute Gasteiger partial charge is 0.303 e. The molecule has 2 heterocycles. The first-order valence-electron chi connectivity index (χ1n) is 11.5. The number of rotatable bonds is 5. The number of guanidine groups is 1. The van der Waals surface area contributed by atoms with Crippen molar-refractivity contribution >= 4 is 33.5 Å². The predicted molar refractivity (Wildman–Crippen MR) is 132 cm³/mol. The van der Waals surface area contributed by atoms with Crippen molar-refractivity contribution in [1.82, 2.24) is 14.0 Å². The van der Waals surface area contributed by atoms with Crippen LogP contribution < -0.4 is 4.72 Å². The number of benzene rings is 2. The van der Waals surface area contributed by atoms with Gasteiger partial charge in [-0.15, -0.1) is 0 Å². The van der Waals surface area contributed by atoms with Gasteiger partial charge in [-0.1, -0.05) is 60.5 Å². The molecule has 1 N–H and O–H groups in total. The van der Waals surface area contributed by atoms with Gasteiger partial charge in [-0.2, -0.15) is 17.8 Å². The van der Waals surface area contributed by atoms with E-state index in [4.69, 9.17) is 21.7 Å².